The van der Waals surface area contributed by atoms with Crippen molar-refractivity contribution >= 4 is 17.1 Å². The van der Waals surface area contributed by atoms with Crippen LogP contribution in [0.25, 0.3) is 0 Å². The van der Waals surface area contributed by atoms with Gasteiger partial charge >= 0.3 is 0 Å². The Morgan fingerprint density at radius 2 is 2.00 bits per heavy atom. The Hall–Kier alpha value is 0.0900. The highest BCUT2D eigenvalue weighted by atomic mass is 32.1. The maximum Gasteiger partial charge on any atom is -0.00406 e. The second-order valence-electron chi connectivity index (χ2n) is 4.26. The lowest BCUT2D eigenvalue weighted by Gasteiger charge is -2.08. The lowest BCUT2D eigenvalue weighted by molar-refractivity contribution is 0.539. The van der Waals surface area contributed by atoms with Gasteiger partial charge in [-0.3, -0.25) is 0 Å². The van der Waals surface area contributed by atoms with Crippen LogP contribution >= 0.6 is 12.2 Å². The van der Waals surface area contributed by atoms with Crippen molar-refractivity contribution in [3.8, 4) is 0 Å². The van der Waals surface area contributed by atoms with Crippen LogP contribution in [-0.4, -0.2) is 4.86 Å². The summed E-state index contributed by atoms with van der Waals surface area (Å²) in [6, 6.07) is 0. The molecule has 76 valence electrons. The van der Waals surface area contributed by atoms with Gasteiger partial charge in [0.1, 0.15) is 0 Å². The van der Waals surface area contributed by atoms with Crippen LogP contribution in [0.2, 0.25) is 0 Å². The minimum Gasteiger partial charge on any atom is -0.0894 e. The van der Waals surface area contributed by atoms with Gasteiger partial charge in [-0.25, -0.2) is 0 Å². The predicted molar refractivity (Wildman–Crippen MR) is 63.3 cm³/mol. The molecule has 0 amide bonds. The standard InChI is InChI=1S/C12H22S/c1-2-3-4-5-6-8-11-9-7-10-12(11)13/h11H,2-10H2,1H3/t11-/m1/s1. The summed E-state index contributed by atoms with van der Waals surface area (Å²) in [7, 11) is 0. The SMILES string of the molecule is CCCCCCC[C@@H]1CCCC1=S. The molecule has 0 unspecified atom stereocenters. The number of hydrogen-bond acceptors (Lipinski definition) is 1. The molecule has 0 aromatic heterocycles. The smallest absolute Gasteiger partial charge is 0.00406 e. The molecule has 1 aliphatic rings. The molecule has 1 heteroatoms. The summed E-state index contributed by atoms with van der Waals surface area (Å²) in [6.07, 6.45) is 12.4. The summed E-state index contributed by atoms with van der Waals surface area (Å²) < 4.78 is 0. The first-order chi connectivity index (χ1) is 6.34. The van der Waals surface area contributed by atoms with E-state index in [0.29, 0.717) is 0 Å². The van der Waals surface area contributed by atoms with Crippen LogP contribution < -0.4 is 0 Å². The Bertz CT molecular complexity index is 151. The van der Waals surface area contributed by atoms with Crippen molar-refractivity contribution in [3.05, 3.63) is 0 Å². The first kappa shape index (κ1) is 11.2. The number of unbranched alkanes of at least 4 members (excludes halogenated alkanes) is 4. The molecule has 13 heavy (non-hydrogen) atoms. The summed E-state index contributed by atoms with van der Waals surface area (Å²) in [5.74, 6) is 0.816. The molecule has 1 fully saturated rings. The molecule has 1 saturated carbocycles. The van der Waals surface area contributed by atoms with Crippen LogP contribution in [0.5, 0.6) is 0 Å². The molecule has 0 aliphatic heterocycles. The number of thiocarbonyl (C=S) groups is 1. The first-order valence-electron chi connectivity index (χ1n) is 5.87. The molecule has 1 aliphatic carbocycles. The van der Waals surface area contributed by atoms with Crippen LogP contribution in [0.1, 0.15) is 64.7 Å². The third kappa shape index (κ3) is 4.21. The number of hydrogen-bond donors (Lipinski definition) is 0. The van der Waals surface area contributed by atoms with Crippen molar-refractivity contribution < 1.29 is 0 Å². The lowest BCUT2D eigenvalue weighted by Crippen LogP contribution is -2.03. The van der Waals surface area contributed by atoms with Gasteiger partial charge in [0.2, 0.25) is 0 Å². The fourth-order valence-electron chi connectivity index (χ4n) is 2.19. The highest BCUT2D eigenvalue weighted by molar-refractivity contribution is 7.80. The average molecular weight is 198 g/mol. The number of rotatable bonds is 6. The fourth-order valence-corrected chi connectivity index (χ4v) is 2.57. The molecule has 0 N–H and O–H groups in total. The van der Waals surface area contributed by atoms with Crippen LogP contribution in [0, 0.1) is 5.92 Å². The molecule has 0 nitrogen and oxygen atoms in total. The molecular weight excluding hydrogens is 176 g/mol. The van der Waals surface area contributed by atoms with E-state index in [-0.39, 0.29) is 0 Å². The normalized spacial score (nSPS) is 22.5. The Morgan fingerprint density at radius 1 is 1.23 bits per heavy atom. The van der Waals surface area contributed by atoms with Gasteiger partial charge in [-0.1, -0.05) is 51.2 Å². The van der Waals surface area contributed by atoms with Crippen molar-refractivity contribution in [2.75, 3.05) is 0 Å². The molecule has 0 radical (unpaired) electrons. The minimum atomic E-state index is 0.816. The zero-order chi connectivity index (χ0) is 9.52. The van der Waals surface area contributed by atoms with E-state index in [4.69, 9.17) is 12.2 Å². The molecule has 0 spiro atoms. The molecule has 0 aromatic rings. The van der Waals surface area contributed by atoms with Gasteiger partial charge < -0.3 is 0 Å². The van der Waals surface area contributed by atoms with E-state index < -0.39 is 0 Å². The van der Waals surface area contributed by atoms with Gasteiger partial charge in [-0.05, 0) is 36.5 Å². The maximum absolute atomic E-state index is 5.34. The van der Waals surface area contributed by atoms with Crippen LogP contribution in [0.3, 0.4) is 0 Å². The predicted octanol–water partition coefficient (Wildman–Crippen LogP) is 4.52. The average Bonchev–Trinajstić information content (AvgIpc) is 2.52. The van der Waals surface area contributed by atoms with Crippen LogP contribution in [0.4, 0.5) is 0 Å². The summed E-state index contributed by atoms with van der Waals surface area (Å²) in [5.41, 5.74) is 0. The summed E-state index contributed by atoms with van der Waals surface area (Å²) >= 11 is 5.34. The highest BCUT2D eigenvalue weighted by Gasteiger charge is 2.19. The summed E-state index contributed by atoms with van der Waals surface area (Å²) in [4.78, 5) is 1.37. The van der Waals surface area contributed by atoms with Crippen molar-refractivity contribution in [3.63, 3.8) is 0 Å². The van der Waals surface area contributed by atoms with Crippen molar-refractivity contribution in [1.29, 1.82) is 0 Å². The highest BCUT2D eigenvalue weighted by Crippen LogP contribution is 2.27. The molecule has 0 saturated heterocycles. The molecule has 0 heterocycles. The second-order valence-corrected chi connectivity index (χ2v) is 4.78. The van der Waals surface area contributed by atoms with Gasteiger partial charge in [0, 0.05) is 0 Å². The Balaban J connectivity index is 1.96. The fraction of sp³-hybridized carbons (Fsp3) is 0.917. The van der Waals surface area contributed by atoms with Crippen molar-refractivity contribution in [1.82, 2.24) is 0 Å². The van der Waals surface area contributed by atoms with E-state index in [2.05, 4.69) is 6.92 Å². The van der Waals surface area contributed by atoms with Crippen LogP contribution in [0.15, 0.2) is 0 Å². The molecular formula is C12H22S. The Kier molecular flexibility index (Phi) is 5.61. The molecule has 1 atom stereocenters. The quantitative estimate of drug-likeness (QED) is 0.447. The zero-order valence-electron chi connectivity index (χ0n) is 8.85. The third-order valence-corrected chi connectivity index (χ3v) is 3.62. The molecule has 0 bridgehead atoms. The Morgan fingerprint density at radius 3 is 2.62 bits per heavy atom. The van der Waals surface area contributed by atoms with E-state index in [0.717, 1.165) is 5.92 Å². The molecule has 1 rings (SSSR count). The Labute approximate surface area is 88.1 Å². The largest absolute Gasteiger partial charge is 0.0894 e. The van der Waals surface area contributed by atoms with E-state index >= 15 is 0 Å². The van der Waals surface area contributed by atoms with Gasteiger partial charge in [-0.2, -0.15) is 0 Å². The van der Waals surface area contributed by atoms with Gasteiger partial charge in [0.25, 0.3) is 0 Å². The second kappa shape index (κ2) is 6.53. The summed E-state index contributed by atoms with van der Waals surface area (Å²) in [6.45, 7) is 2.27. The van der Waals surface area contributed by atoms with E-state index in [1.807, 2.05) is 0 Å². The lowest BCUT2D eigenvalue weighted by atomic mass is 9.99. The minimum absolute atomic E-state index is 0.816. The van der Waals surface area contributed by atoms with E-state index in [1.54, 1.807) is 0 Å². The van der Waals surface area contributed by atoms with E-state index in [1.165, 1.54) is 62.7 Å². The topological polar surface area (TPSA) is 0 Å². The molecule has 0 aromatic carbocycles. The van der Waals surface area contributed by atoms with Gasteiger partial charge in [0.15, 0.2) is 0 Å². The third-order valence-electron chi connectivity index (χ3n) is 3.09. The maximum atomic E-state index is 5.34. The first-order valence-corrected chi connectivity index (χ1v) is 6.28. The van der Waals surface area contributed by atoms with E-state index in [9.17, 15) is 0 Å². The van der Waals surface area contributed by atoms with Gasteiger partial charge in [0.05, 0.1) is 0 Å². The van der Waals surface area contributed by atoms with Gasteiger partial charge in [-0.15, -0.1) is 0 Å². The van der Waals surface area contributed by atoms with Crippen molar-refractivity contribution in [2.45, 2.75) is 64.7 Å². The summed E-state index contributed by atoms with van der Waals surface area (Å²) in [5, 5.41) is 0. The van der Waals surface area contributed by atoms with Crippen LogP contribution in [-0.2, 0) is 0 Å². The monoisotopic (exact) mass is 198 g/mol. The zero-order valence-corrected chi connectivity index (χ0v) is 9.67. The van der Waals surface area contributed by atoms with Crippen molar-refractivity contribution in [2.24, 2.45) is 5.92 Å².